The predicted octanol–water partition coefficient (Wildman–Crippen LogP) is 6.32. The van der Waals surface area contributed by atoms with Crippen molar-refractivity contribution in [2.45, 2.75) is 50.2 Å². The van der Waals surface area contributed by atoms with Crippen LogP contribution in [0.1, 0.15) is 42.4 Å². The fourth-order valence-electron chi connectivity index (χ4n) is 4.50. The lowest BCUT2D eigenvalue weighted by Gasteiger charge is -2.36. The normalized spacial score (nSPS) is 12.4. The van der Waals surface area contributed by atoms with Gasteiger partial charge in [0.15, 0.2) is 13.7 Å². The molecule has 1 aromatic heterocycles. The number of nitrogens with one attached hydrogen (secondary N) is 1. The Morgan fingerprint density at radius 2 is 1.65 bits per heavy atom. The van der Waals surface area contributed by atoms with Crippen molar-refractivity contribution in [1.29, 1.82) is 0 Å². The molecule has 4 rings (SSSR count). The average Bonchev–Trinajstić information content (AvgIpc) is 2.96. The van der Waals surface area contributed by atoms with Gasteiger partial charge in [-0.15, -0.1) is 0 Å². The number of fused-ring (bicyclic) bond motifs is 1. The highest BCUT2D eigenvalue weighted by Gasteiger charge is 2.37. The fourth-order valence-corrected chi connectivity index (χ4v) is 6.73. The zero-order valence-corrected chi connectivity index (χ0v) is 27.8. The van der Waals surface area contributed by atoms with Gasteiger partial charge in [-0.05, 0) is 66.2 Å². The molecule has 0 spiro atoms. The molecule has 0 unspecified atom stereocenters. The Morgan fingerprint density at radius 3 is 2.26 bits per heavy atom. The van der Waals surface area contributed by atoms with E-state index in [1.54, 1.807) is 34.9 Å². The van der Waals surface area contributed by atoms with E-state index < -0.39 is 24.3 Å². The second kappa shape index (κ2) is 12.8. The van der Waals surface area contributed by atoms with E-state index in [0.717, 1.165) is 0 Å². The van der Waals surface area contributed by atoms with Gasteiger partial charge in [0.1, 0.15) is 5.69 Å². The lowest BCUT2D eigenvalue weighted by Crippen LogP contribution is -2.42. The Labute approximate surface area is 258 Å². The Hall–Kier alpha value is -3.28. The number of ether oxygens (including phenoxy) is 1. The van der Waals surface area contributed by atoms with Gasteiger partial charge in [-0.1, -0.05) is 62.7 Å². The molecule has 8 nitrogen and oxygen atoms in total. The molecule has 0 aliphatic carbocycles. The van der Waals surface area contributed by atoms with Crippen molar-refractivity contribution in [2.75, 3.05) is 20.3 Å². The van der Waals surface area contributed by atoms with Gasteiger partial charge < -0.3 is 13.7 Å². The van der Waals surface area contributed by atoms with Crippen molar-refractivity contribution in [1.82, 2.24) is 9.29 Å². The van der Waals surface area contributed by atoms with E-state index >= 15 is 0 Å². The lowest BCUT2D eigenvalue weighted by molar-refractivity contribution is 0.0590. The monoisotopic (exact) mass is 640 g/mol. The number of aromatic nitrogens is 1. The standard InChI is InChI=1S/C32H37ClN2O6SSi/c1-32(2,3)43(5,6)41-19-18-34-42(38,39)25-15-12-22(13-16-25)20-27-29(31(37)40-4)35(24-10-8-7-9-11-24)28-21-23(33)14-17-26(28)30(27)36/h7-17,21,34H,18-20H2,1-6H3. The van der Waals surface area contributed by atoms with Crippen molar-refractivity contribution in [3.63, 3.8) is 0 Å². The summed E-state index contributed by atoms with van der Waals surface area (Å²) in [7, 11) is -4.51. The van der Waals surface area contributed by atoms with Crippen molar-refractivity contribution in [3.8, 4) is 5.69 Å². The van der Waals surface area contributed by atoms with Gasteiger partial charge >= 0.3 is 5.97 Å². The highest BCUT2D eigenvalue weighted by molar-refractivity contribution is 7.89. The first kappa shape index (κ1) is 32.6. The summed E-state index contributed by atoms with van der Waals surface area (Å²) in [6, 6.07) is 20.3. The molecule has 0 bridgehead atoms. The van der Waals surface area contributed by atoms with Crippen molar-refractivity contribution < 1.29 is 22.4 Å². The van der Waals surface area contributed by atoms with Gasteiger partial charge in [-0.3, -0.25) is 4.79 Å². The number of carbonyl (C=O) groups is 1. The largest absolute Gasteiger partial charge is 0.464 e. The fraction of sp³-hybridized carbons (Fsp3) is 0.312. The van der Waals surface area contributed by atoms with Crippen LogP contribution < -0.4 is 10.2 Å². The van der Waals surface area contributed by atoms with Crippen LogP contribution in [-0.4, -0.2) is 47.5 Å². The number of para-hydroxylation sites is 1. The number of esters is 1. The van der Waals surface area contributed by atoms with E-state index in [2.05, 4.69) is 38.6 Å². The molecule has 0 amide bonds. The summed E-state index contributed by atoms with van der Waals surface area (Å²) in [5.74, 6) is -0.679. The number of sulfonamides is 1. The van der Waals surface area contributed by atoms with Crippen LogP contribution in [0.5, 0.6) is 0 Å². The van der Waals surface area contributed by atoms with E-state index in [4.69, 9.17) is 20.8 Å². The molecule has 4 aromatic rings. The van der Waals surface area contributed by atoms with E-state index in [9.17, 15) is 18.0 Å². The number of hydrogen-bond donors (Lipinski definition) is 1. The summed E-state index contributed by atoms with van der Waals surface area (Å²) < 4.78 is 41.4. The molecule has 43 heavy (non-hydrogen) atoms. The molecule has 0 aliphatic rings. The maximum absolute atomic E-state index is 13.8. The van der Waals surface area contributed by atoms with Gasteiger partial charge in [-0.2, -0.15) is 0 Å². The summed E-state index contributed by atoms with van der Waals surface area (Å²) >= 11 is 6.30. The zero-order valence-electron chi connectivity index (χ0n) is 25.2. The Kier molecular flexibility index (Phi) is 9.68. The van der Waals surface area contributed by atoms with Crippen LogP contribution in [-0.2, 0) is 25.6 Å². The smallest absolute Gasteiger partial charge is 0.355 e. The minimum Gasteiger partial charge on any atom is -0.464 e. The van der Waals surface area contributed by atoms with Crippen LogP contribution in [0.25, 0.3) is 16.6 Å². The van der Waals surface area contributed by atoms with Crippen LogP contribution >= 0.6 is 11.6 Å². The highest BCUT2D eigenvalue weighted by Crippen LogP contribution is 2.36. The number of rotatable bonds is 10. The number of halogens is 1. The number of methoxy groups -OCH3 is 1. The zero-order chi connectivity index (χ0) is 31.6. The quantitative estimate of drug-likeness (QED) is 0.124. The molecule has 0 radical (unpaired) electrons. The Morgan fingerprint density at radius 1 is 1.00 bits per heavy atom. The summed E-state index contributed by atoms with van der Waals surface area (Å²) in [4.78, 5) is 27.1. The Balaban J connectivity index is 1.67. The van der Waals surface area contributed by atoms with Gasteiger partial charge in [0.25, 0.3) is 0 Å². The minimum absolute atomic E-state index is 0.0256. The lowest BCUT2D eigenvalue weighted by atomic mass is 9.99. The van der Waals surface area contributed by atoms with Crippen LogP contribution in [0.4, 0.5) is 0 Å². The molecular weight excluding hydrogens is 604 g/mol. The van der Waals surface area contributed by atoms with Crippen LogP contribution in [0, 0.1) is 0 Å². The van der Waals surface area contributed by atoms with Crippen LogP contribution in [0.3, 0.4) is 0 Å². The maximum Gasteiger partial charge on any atom is 0.355 e. The molecule has 1 heterocycles. The van der Waals surface area contributed by atoms with E-state index in [1.807, 2.05) is 30.3 Å². The second-order valence-corrected chi connectivity index (χ2v) is 18.8. The second-order valence-electron chi connectivity index (χ2n) is 11.8. The first-order chi connectivity index (χ1) is 20.2. The van der Waals surface area contributed by atoms with E-state index in [-0.39, 0.29) is 46.2 Å². The number of pyridine rings is 1. The molecule has 228 valence electrons. The van der Waals surface area contributed by atoms with E-state index in [0.29, 0.717) is 27.2 Å². The third-order valence-corrected chi connectivity index (χ3v) is 14.1. The topological polar surface area (TPSA) is 104 Å². The summed E-state index contributed by atoms with van der Waals surface area (Å²) in [5.41, 5.74) is 1.74. The number of benzene rings is 3. The van der Waals surface area contributed by atoms with Gasteiger partial charge in [0.05, 0.1) is 17.5 Å². The highest BCUT2D eigenvalue weighted by atomic mass is 35.5. The predicted molar refractivity (Wildman–Crippen MR) is 173 cm³/mol. The van der Waals surface area contributed by atoms with Crippen molar-refractivity contribution >= 4 is 46.8 Å². The number of carbonyl (C=O) groups excluding carboxylic acids is 1. The van der Waals surface area contributed by atoms with Gasteiger partial charge in [-0.25, -0.2) is 17.9 Å². The average molecular weight is 641 g/mol. The van der Waals surface area contributed by atoms with Crippen LogP contribution in [0.2, 0.25) is 23.2 Å². The molecule has 1 N–H and O–H groups in total. The molecule has 0 saturated heterocycles. The molecule has 0 atom stereocenters. The maximum atomic E-state index is 13.8. The summed E-state index contributed by atoms with van der Waals surface area (Å²) in [5, 5.41) is 0.828. The summed E-state index contributed by atoms with van der Waals surface area (Å²) in [6.45, 7) is 11.1. The van der Waals surface area contributed by atoms with Crippen molar-refractivity contribution in [3.05, 3.63) is 105 Å². The third-order valence-electron chi connectivity index (χ3n) is 7.90. The molecule has 3 aromatic carbocycles. The molecule has 0 fully saturated rings. The molecule has 11 heteroatoms. The summed E-state index contributed by atoms with van der Waals surface area (Å²) in [6.07, 6.45) is 0.0722. The van der Waals surface area contributed by atoms with Crippen molar-refractivity contribution in [2.24, 2.45) is 0 Å². The van der Waals surface area contributed by atoms with Crippen LogP contribution in [0.15, 0.2) is 82.5 Å². The SMILES string of the molecule is COC(=O)c1c(Cc2ccc(S(=O)(=O)NCCO[Si](C)(C)C(C)(C)C)cc2)c(=O)c2ccc(Cl)cc2n1-c1ccccc1. The minimum atomic E-state index is -3.78. The third kappa shape index (κ3) is 7.10. The Bertz CT molecular complexity index is 1800. The van der Waals surface area contributed by atoms with Gasteiger partial charge in [0, 0.05) is 41.2 Å². The molecular formula is C32H37ClN2O6SSi. The first-order valence-corrected chi connectivity index (χ1v) is 18.7. The molecule has 0 aliphatic heterocycles. The van der Waals surface area contributed by atoms with Gasteiger partial charge in [0.2, 0.25) is 10.0 Å². The number of hydrogen-bond acceptors (Lipinski definition) is 6. The first-order valence-electron chi connectivity index (χ1n) is 13.9. The van der Waals surface area contributed by atoms with E-state index in [1.165, 1.54) is 19.2 Å². The molecule has 0 saturated carbocycles. The number of nitrogens with zero attached hydrogens (tertiary/aromatic N) is 1.